The highest BCUT2D eigenvalue weighted by atomic mass is 16.1. The largest absolute Gasteiger partial charge is 0.366 e. The van der Waals surface area contributed by atoms with Gasteiger partial charge in [-0.25, -0.2) is 0 Å². The van der Waals surface area contributed by atoms with Crippen LogP contribution in [0.25, 0.3) is 6.08 Å². The molecule has 3 N–H and O–H groups in total. The lowest BCUT2D eigenvalue weighted by Crippen LogP contribution is -2.20. The molecule has 24 heavy (non-hydrogen) atoms. The molecule has 0 aromatic heterocycles. The molecule has 0 radical (unpaired) electrons. The first kappa shape index (κ1) is 17.5. The van der Waals surface area contributed by atoms with E-state index in [1.807, 2.05) is 12.1 Å². The molecule has 2 rings (SSSR count). The quantitative estimate of drug-likeness (QED) is 0.801. The van der Waals surface area contributed by atoms with Crippen molar-refractivity contribution in [1.29, 1.82) is 0 Å². The van der Waals surface area contributed by atoms with Gasteiger partial charge >= 0.3 is 0 Å². The van der Waals surface area contributed by atoms with Crippen LogP contribution in [0.4, 0.5) is 0 Å². The minimum Gasteiger partial charge on any atom is -0.366 e. The lowest BCUT2D eigenvalue weighted by atomic mass is 10.0. The van der Waals surface area contributed by atoms with E-state index in [9.17, 15) is 9.59 Å². The monoisotopic (exact) mass is 322 g/mol. The molecule has 4 heteroatoms. The van der Waals surface area contributed by atoms with Gasteiger partial charge in [-0.1, -0.05) is 50.2 Å². The third-order valence-corrected chi connectivity index (χ3v) is 3.74. The van der Waals surface area contributed by atoms with Crippen molar-refractivity contribution < 1.29 is 9.59 Å². The number of nitrogens with one attached hydrogen (secondary N) is 1. The van der Waals surface area contributed by atoms with E-state index < -0.39 is 5.91 Å². The summed E-state index contributed by atoms with van der Waals surface area (Å²) in [5.74, 6) is -0.133. The van der Waals surface area contributed by atoms with Gasteiger partial charge < -0.3 is 11.1 Å². The highest BCUT2D eigenvalue weighted by molar-refractivity contribution is 5.93. The molecule has 0 aliphatic rings. The number of carbonyl (C=O) groups is 2. The van der Waals surface area contributed by atoms with Crippen LogP contribution in [0.5, 0.6) is 0 Å². The molecule has 0 fully saturated rings. The Morgan fingerprint density at radius 3 is 2.21 bits per heavy atom. The van der Waals surface area contributed by atoms with Crippen LogP contribution in [-0.4, -0.2) is 11.8 Å². The van der Waals surface area contributed by atoms with Gasteiger partial charge in [-0.2, -0.15) is 0 Å². The van der Waals surface area contributed by atoms with Crippen LogP contribution >= 0.6 is 0 Å². The summed E-state index contributed by atoms with van der Waals surface area (Å²) in [4.78, 5) is 22.9. The average molecular weight is 322 g/mol. The molecule has 2 aromatic carbocycles. The van der Waals surface area contributed by atoms with Crippen molar-refractivity contribution in [3.63, 3.8) is 0 Å². The zero-order valence-electron chi connectivity index (χ0n) is 14.0. The summed E-state index contributed by atoms with van der Waals surface area (Å²) < 4.78 is 0. The number of rotatable bonds is 6. The smallest absolute Gasteiger partial charge is 0.248 e. The second-order valence-corrected chi connectivity index (χ2v) is 5.93. The third kappa shape index (κ3) is 5.09. The van der Waals surface area contributed by atoms with Gasteiger partial charge in [0, 0.05) is 18.2 Å². The first-order chi connectivity index (χ1) is 11.5. The second-order valence-electron chi connectivity index (χ2n) is 5.93. The van der Waals surface area contributed by atoms with Gasteiger partial charge in [0.15, 0.2) is 0 Å². The van der Waals surface area contributed by atoms with Gasteiger partial charge in [-0.15, -0.1) is 0 Å². The number of hydrogen-bond donors (Lipinski definition) is 2. The summed E-state index contributed by atoms with van der Waals surface area (Å²) in [5, 5.41) is 2.81. The SMILES string of the molecule is CC(C)c1ccc(/C=C/C(=O)NCc2ccc(C(N)=O)cc2)cc1. The van der Waals surface area contributed by atoms with Crippen LogP contribution in [0.15, 0.2) is 54.6 Å². The highest BCUT2D eigenvalue weighted by Crippen LogP contribution is 2.15. The van der Waals surface area contributed by atoms with Crippen LogP contribution in [0.1, 0.15) is 46.8 Å². The van der Waals surface area contributed by atoms with Crippen LogP contribution in [0.2, 0.25) is 0 Å². The summed E-state index contributed by atoms with van der Waals surface area (Å²) in [5.41, 5.74) is 8.81. The second kappa shape index (κ2) is 8.11. The molecule has 124 valence electrons. The van der Waals surface area contributed by atoms with Crippen molar-refractivity contribution in [1.82, 2.24) is 5.32 Å². The summed E-state index contributed by atoms with van der Waals surface area (Å²) in [6.45, 7) is 4.69. The highest BCUT2D eigenvalue weighted by Gasteiger charge is 2.01. The molecule has 2 aromatic rings. The molecular weight excluding hydrogens is 300 g/mol. The van der Waals surface area contributed by atoms with E-state index in [1.165, 1.54) is 11.6 Å². The Bertz CT molecular complexity index is 729. The van der Waals surface area contributed by atoms with Gasteiger partial charge in [0.2, 0.25) is 11.8 Å². The summed E-state index contributed by atoms with van der Waals surface area (Å²) in [7, 11) is 0. The van der Waals surface area contributed by atoms with Gasteiger partial charge in [-0.3, -0.25) is 9.59 Å². The van der Waals surface area contributed by atoms with Crippen molar-refractivity contribution in [2.75, 3.05) is 0 Å². The number of amides is 2. The maximum Gasteiger partial charge on any atom is 0.248 e. The van der Waals surface area contributed by atoms with Crippen LogP contribution in [-0.2, 0) is 11.3 Å². The van der Waals surface area contributed by atoms with E-state index in [2.05, 4.69) is 31.3 Å². The molecule has 4 nitrogen and oxygen atoms in total. The lowest BCUT2D eigenvalue weighted by Gasteiger charge is -2.05. The van der Waals surface area contributed by atoms with E-state index in [0.717, 1.165) is 11.1 Å². The number of hydrogen-bond acceptors (Lipinski definition) is 2. The Morgan fingerprint density at radius 2 is 1.67 bits per heavy atom. The van der Waals surface area contributed by atoms with Gasteiger partial charge in [0.25, 0.3) is 0 Å². The number of benzene rings is 2. The maximum atomic E-state index is 11.9. The molecule has 0 spiro atoms. The zero-order chi connectivity index (χ0) is 17.5. The normalized spacial score (nSPS) is 11.0. The topological polar surface area (TPSA) is 72.2 Å². The fourth-order valence-electron chi connectivity index (χ4n) is 2.20. The standard InChI is InChI=1S/C20H22N2O2/c1-14(2)17-8-3-15(4-9-17)7-12-19(23)22-13-16-5-10-18(11-6-16)20(21)24/h3-12,14H,13H2,1-2H3,(H2,21,24)(H,22,23)/b12-7+. The number of carbonyl (C=O) groups excluding carboxylic acids is 2. The number of nitrogens with two attached hydrogens (primary N) is 1. The maximum absolute atomic E-state index is 11.9. The predicted molar refractivity (Wildman–Crippen MR) is 96.4 cm³/mol. The van der Waals surface area contributed by atoms with Crippen molar-refractivity contribution in [3.05, 3.63) is 76.9 Å². The fraction of sp³-hybridized carbons (Fsp3) is 0.200. The summed E-state index contributed by atoms with van der Waals surface area (Å²) >= 11 is 0. The van der Waals surface area contributed by atoms with E-state index in [0.29, 0.717) is 18.0 Å². The Hall–Kier alpha value is -2.88. The zero-order valence-corrected chi connectivity index (χ0v) is 14.0. The Kier molecular flexibility index (Phi) is 5.90. The molecule has 0 saturated heterocycles. The Labute approximate surface area is 142 Å². The van der Waals surface area contributed by atoms with Crippen molar-refractivity contribution in [2.45, 2.75) is 26.3 Å². The lowest BCUT2D eigenvalue weighted by molar-refractivity contribution is -0.116. The fourth-order valence-corrected chi connectivity index (χ4v) is 2.20. The Balaban J connectivity index is 1.87. The molecule has 0 bridgehead atoms. The van der Waals surface area contributed by atoms with E-state index in [4.69, 9.17) is 5.73 Å². The molecule has 0 saturated carbocycles. The minimum absolute atomic E-state index is 0.165. The molecule has 0 atom stereocenters. The minimum atomic E-state index is -0.461. The van der Waals surface area contributed by atoms with Crippen LogP contribution < -0.4 is 11.1 Å². The van der Waals surface area contributed by atoms with E-state index >= 15 is 0 Å². The van der Waals surface area contributed by atoms with Crippen LogP contribution in [0.3, 0.4) is 0 Å². The first-order valence-electron chi connectivity index (χ1n) is 7.90. The van der Waals surface area contributed by atoms with Gasteiger partial charge in [0.1, 0.15) is 0 Å². The molecule has 0 aliphatic carbocycles. The molecule has 0 heterocycles. The summed E-state index contributed by atoms with van der Waals surface area (Å²) in [6, 6.07) is 15.0. The Morgan fingerprint density at radius 1 is 1.04 bits per heavy atom. The van der Waals surface area contributed by atoms with Crippen LogP contribution in [0, 0.1) is 0 Å². The third-order valence-electron chi connectivity index (χ3n) is 3.74. The molecule has 0 unspecified atom stereocenters. The molecule has 2 amide bonds. The van der Waals surface area contributed by atoms with Crippen molar-refractivity contribution in [3.8, 4) is 0 Å². The van der Waals surface area contributed by atoms with Crippen molar-refractivity contribution >= 4 is 17.9 Å². The average Bonchev–Trinajstić information content (AvgIpc) is 2.58. The van der Waals surface area contributed by atoms with E-state index in [1.54, 1.807) is 30.3 Å². The molecular formula is C20H22N2O2. The van der Waals surface area contributed by atoms with Gasteiger partial charge in [0.05, 0.1) is 0 Å². The number of primary amides is 1. The van der Waals surface area contributed by atoms with Gasteiger partial charge in [-0.05, 0) is 40.8 Å². The summed E-state index contributed by atoms with van der Waals surface area (Å²) in [6.07, 6.45) is 3.30. The van der Waals surface area contributed by atoms with E-state index in [-0.39, 0.29) is 5.91 Å². The van der Waals surface area contributed by atoms with Crippen molar-refractivity contribution in [2.24, 2.45) is 5.73 Å². The predicted octanol–water partition coefficient (Wildman–Crippen LogP) is 3.24. The first-order valence-corrected chi connectivity index (χ1v) is 7.90. The molecule has 0 aliphatic heterocycles.